The van der Waals surface area contributed by atoms with E-state index in [1.165, 1.54) is 11.1 Å². The Labute approximate surface area is 125 Å². The third-order valence-electron chi connectivity index (χ3n) is 3.41. The SMILES string of the molecule is NC(c1ccc(Br)c(Cl)c1)c1ccc2c(c1)COC2. The lowest BCUT2D eigenvalue weighted by molar-refractivity contribution is 0.134. The number of rotatable bonds is 2. The number of ether oxygens (including phenoxy) is 1. The van der Waals surface area contributed by atoms with Gasteiger partial charge >= 0.3 is 0 Å². The van der Waals surface area contributed by atoms with E-state index in [2.05, 4.69) is 34.1 Å². The Morgan fingerprint density at radius 2 is 1.74 bits per heavy atom. The summed E-state index contributed by atoms with van der Waals surface area (Å²) < 4.78 is 6.30. The van der Waals surface area contributed by atoms with E-state index >= 15 is 0 Å². The molecule has 1 atom stereocenters. The second-order valence-electron chi connectivity index (χ2n) is 4.67. The lowest BCUT2D eigenvalue weighted by Gasteiger charge is -2.14. The smallest absolute Gasteiger partial charge is 0.0725 e. The van der Waals surface area contributed by atoms with Gasteiger partial charge in [-0.1, -0.05) is 35.9 Å². The molecule has 0 radical (unpaired) electrons. The minimum absolute atomic E-state index is 0.170. The van der Waals surface area contributed by atoms with Crippen molar-refractivity contribution in [2.75, 3.05) is 0 Å². The second-order valence-corrected chi connectivity index (χ2v) is 5.93. The summed E-state index contributed by atoms with van der Waals surface area (Å²) in [5.74, 6) is 0. The van der Waals surface area contributed by atoms with Crippen LogP contribution in [0.2, 0.25) is 5.02 Å². The third kappa shape index (κ3) is 2.56. The summed E-state index contributed by atoms with van der Waals surface area (Å²) in [5, 5.41) is 0.678. The van der Waals surface area contributed by atoms with Gasteiger partial charge in [0.15, 0.2) is 0 Å². The van der Waals surface area contributed by atoms with Crippen LogP contribution in [0.15, 0.2) is 40.9 Å². The first-order valence-electron chi connectivity index (χ1n) is 6.05. The van der Waals surface area contributed by atoms with Crippen LogP contribution in [-0.4, -0.2) is 0 Å². The van der Waals surface area contributed by atoms with Crippen molar-refractivity contribution in [2.24, 2.45) is 5.73 Å². The maximum Gasteiger partial charge on any atom is 0.0725 e. The maximum absolute atomic E-state index is 6.31. The van der Waals surface area contributed by atoms with E-state index in [0.717, 1.165) is 15.6 Å². The standard InChI is InChI=1S/C15H13BrClNO/c16-13-4-3-10(6-14(13)17)15(18)9-1-2-11-7-19-8-12(11)5-9/h1-6,15H,7-8,18H2. The van der Waals surface area contributed by atoms with Crippen LogP contribution in [-0.2, 0) is 18.0 Å². The average molecular weight is 339 g/mol. The summed E-state index contributed by atoms with van der Waals surface area (Å²) in [6, 6.07) is 11.9. The third-order valence-corrected chi connectivity index (χ3v) is 4.64. The van der Waals surface area contributed by atoms with E-state index in [1.54, 1.807) is 0 Å². The van der Waals surface area contributed by atoms with E-state index in [4.69, 9.17) is 22.1 Å². The van der Waals surface area contributed by atoms with Gasteiger partial charge in [-0.2, -0.15) is 0 Å². The van der Waals surface area contributed by atoms with Crippen molar-refractivity contribution >= 4 is 27.5 Å². The van der Waals surface area contributed by atoms with Gasteiger partial charge in [0.25, 0.3) is 0 Å². The number of hydrogen-bond donors (Lipinski definition) is 1. The number of fused-ring (bicyclic) bond motifs is 1. The van der Waals surface area contributed by atoms with Crippen LogP contribution < -0.4 is 5.73 Å². The fourth-order valence-electron chi connectivity index (χ4n) is 2.28. The molecule has 0 amide bonds. The summed E-state index contributed by atoms with van der Waals surface area (Å²) in [6.45, 7) is 1.38. The average Bonchev–Trinajstić information content (AvgIpc) is 2.88. The summed E-state index contributed by atoms with van der Waals surface area (Å²) >= 11 is 9.50. The molecule has 1 heterocycles. The van der Waals surface area contributed by atoms with Crippen molar-refractivity contribution in [1.29, 1.82) is 0 Å². The van der Waals surface area contributed by atoms with Crippen molar-refractivity contribution in [2.45, 2.75) is 19.3 Å². The molecule has 98 valence electrons. The Balaban J connectivity index is 1.94. The molecule has 0 saturated heterocycles. The molecule has 0 spiro atoms. The molecule has 19 heavy (non-hydrogen) atoms. The Kier molecular flexibility index (Phi) is 3.63. The maximum atomic E-state index is 6.31. The molecule has 1 aliphatic rings. The van der Waals surface area contributed by atoms with E-state index < -0.39 is 0 Å². The number of nitrogens with two attached hydrogens (primary N) is 1. The Morgan fingerprint density at radius 3 is 2.53 bits per heavy atom. The summed E-state index contributed by atoms with van der Waals surface area (Å²) in [6.07, 6.45) is 0. The monoisotopic (exact) mass is 337 g/mol. The molecule has 0 aromatic heterocycles. The molecule has 2 aromatic carbocycles. The van der Waals surface area contributed by atoms with Crippen LogP contribution in [0.1, 0.15) is 28.3 Å². The highest BCUT2D eigenvalue weighted by Gasteiger charge is 2.15. The van der Waals surface area contributed by atoms with Crippen LogP contribution in [0.3, 0.4) is 0 Å². The molecule has 1 unspecified atom stereocenters. The topological polar surface area (TPSA) is 35.2 Å². The molecule has 2 aromatic rings. The Bertz CT molecular complexity index is 630. The number of benzene rings is 2. The zero-order chi connectivity index (χ0) is 13.4. The van der Waals surface area contributed by atoms with Gasteiger partial charge in [0.05, 0.1) is 24.3 Å². The van der Waals surface area contributed by atoms with Crippen molar-refractivity contribution in [3.8, 4) is 0 Å². The van der Waals surface area contributed by atoms with Gasteiger partial charge in [-0.25, -0.2) is 0 Å². The van der Waals surface area contributed by atoms with Crippen molar-refractivity contribution in [1.82, 2.24) is 0 Å². The first-order chi connectivity index (χ1) is 9.15. The molecule has 0 fully saturated rings. The minimum Gasteiger partial charge on any atom is -0.372 e. The highest BCUT2D eigenvalue weighted by atomic mass is 79.9. The fourth-order valence-corrected chi connectivity index (χ4v) is 2.72. The number of hydrogen-bond acceptors (Lipinski definition) is 2. The highest BCUT2D eigenvalue weighted by molar-refractivity contribution is 9.10. The van der Waals surface area contributed by atoms with Gasteiger partial charge in [-0.05, 0) is 50.3 Å². The molecular weight excluding hydrogens is 326 g/mol. The molecule has 4 heteroatoms. The first-order valence-corrected chi connectivity index (χ1v) is 7.22. The van der Waals surface area contributed by atoms with Gasteiger partial charge < -0.3 is 10.5 Å². The molecule has 1 aliphatic heterocycles. The Hall–Kier alpha value is -0.870. The lowest BCUT2D eigenvalue weighted by atomic mass is 9.96. The van der Waals surface area contributed by atoms with E-state index in [-0.39, 0.29) is 6.04 Å². The molecule has 0 aliphatic carbocycles. The van der Waals surface area contributed by atoms with Crippen molar-refractivity contribution < 1.29 is 4.74 Å². The van der Waals surface area contributed by atoms with Crippen molar-refractivity contribution in [3.63, 3.8) is 0 Å². The summed E-state index contributed by atoms with van der Waals surface area (Å²) in [7, 11) is 0. The van der Waals surface area contributed by atoms with Crippen LogP contribution in [0.4, 0.5) is 0 Å². The lowest BCUT2D eigenvalue weighted by Crippen LogP contribution is -2.12. The largest absolute Gasteiger partial charge is 0.372 e. The van der Waals surface area contributed by atoms with Crippen LogP contribution in [0.5, 0.6) is 0 Å². The predicted molar refractivity (Wildman–Crippen MR) is 80.1 cm³/mol. The molecule has 0 bridgehead atoms. The summed E-state index contributed by atoms with van der Waals surface area (Å²) in [5.41, 5.74) is 10.9. The van der Waals surface area contributed by atoms with E-state index in [1.807, 2.05) is 18.2 Å². The second kappa shape index (κ2) is 5.25. The van der Waals surface area contributed by atoms with Gasteiger partial charge in [0.1, 0.15) is 0 Å². The van der Waals surface area contributed by atoms with Gasteiger partial charge in [0, 0.05) is 4.47 Å². The minimum atomic E-state index is -0.170. The Morgan fingerprint density at radius 1 is 1.05 bits per heavy atom. The van der Waals surface area contributed by atoms with Crippen LogP contribution in [0.25, 0.3) is 0 Å². The fraction of sp³-hybridized carbons (Fsp3) is 0.200. The molecule has 0 saturated carbocycles. The van der Waals surface area contributed by atoms with Gasteiger partial charge in [-0.15, -0.1) is 0 Å². The van der Waals surface area contributed by atoms with Crippen LogP contribution >= 0.6 is 27.5 Å². The van der Waals surface area contributed by atoms with Gasteiger partial charge in [-0.3, -0.25) is 0 Å². The molecule has 3 rings (SSSR count). The molecular formula is C15H13BrClNO. The highest BCUT2D eigenvalue weighted by Crippen LogP contribution is 2.30. The predicted octanol–water partition coefficient (Wildman–Crippen LogP) is 4.18. The molecule has 2 nitrogen and oxygen atoms in total. The normalized spacial score (nSPS) is 15.3. The van der Waals surface area contributed by atoms with Gasteiger partial charge in [0.2, 0.25) is 0 Å². The van der Waals surface area contributed by atoms with Crippen molar-refractivity contribution in [3.05, 3.63) is 68.1 Å². The zero-order valence-corrected chi connectivity index (χ0v) is 12.5. The summed E-state index contributed by atoms with van der Waals surface area (Å²) in [4.78, 5) is 0. The van der Waals surface area contributed by atoms with E-state index in [0.29, 0.717) is 18.2 Å². The quantitative estimate of drug-likeness (QED) is 0.891. The zero-order valence-electron chi connectivity index (χ0n) is 10.2. The first kappa shape index (κ1) is 13.1. The van der Waals surface area contributed by atoms with Crippen LogP contribution in [0, 0.1) is 0 Å². The molecule has 2 N–H and O–H groups in total. The van der Waals surface area contributed by atoms with E-state index in [9.17, 15) is 0 Å². The number of halogens is 2.